The Labute approximate surface area is 134 Å². The Balaban J connectivity index is 1.56. The quantitative estimate of drug-likeness (QED) is 0.939. The molecule has 2 aromatic rings. The largest absolute Gasteiger partial charge is 0.387 e. The monoisotopic (exact) mass is 318 g/mol. The SMILES string of the molecule is O[C@@H](CN1CCN(c2ccccc2F)CC1)c1cccc(F)c1. The van der Waals surface area contributed by atoms with Crippen LogP contribution in [0.15, 0.2) is 48.5 Å². The van der Waals surface area contributed by atoms with Gasteiger partial charge in [0, 0.05) is 32.7 Å². The topological polar surface area (TPSA) is 26.7 Å². The molecule has 1 aliphatic heterocycles. The van der Waals surface area contributed by atoms with E-state index < -0.39 is 6.10 Å². The van der Waals surface area contributed by atoms with Crippen LogP contribution in [0.5, 0.6) is 0 Å². The number of hydrogen-bond donors (Lipinski definition) is 1. The van der Waals surface area contributed by atoms with Crippen molar-refractivity contribution in [3.05, 3.63) is 65.7 Å². The molecule has 122 valence electrons. The number of rotatable bonds is 4. The fourth-order valence-corrected chi connectivity index (χ4v) is 2.94. The number of para-hydroxylation sites is 1. The van der Waals surface area contributed by atoms with Crippen LogP contribution in [0, 0.1) is 11.6 Å². The molecule has 0 spiro atoms. The molecular weight excluding hydrogens is 298 g/mol. The average molecular weight is 318 g/mol. The molecule has 3 rings (SSSR count). The van der Waals surface area contributed by atoms with Crippen molar-refractivity contribution in [2.24, 2.45) is 0 Å². The van der Waals surface area contributed by atoms with E-state index in [2.05, 4.69) is 4.90 Å². The molecule has 3 nitrogen and oxygen atoms in total. The summed E-state index contributed by atoms with van der Waals surface area (Å²) in [5.74, 6) is -0.549. The van der Waals surface area contributed by atoms with Gasteiger partial charge in [-0.05, 0) is 29.8 Å². The molecular formula is C18H20F2N2O. The van der Waals surface area contributed by atoms with Crippen molar-refractivity contribution in [3.8, 4) is 0 Å². The molecule has 1 fully saturated rings. The summed E-state index contributed by atoms with van der Waals surface area (Å²) in [4.78, 5) is 4.13. The Kier molecular flexibility index (Phi) is 4.88. The summed E-state index contributed by atoms with van der Waals surface area (Å²) >= 11 is 0. The minimum atomic E-state index is -0.717. The van der Waals surface area contributed by atoms with E-state index in [1.54, 1.807) is 24.3 Å². The van der Waals surface area contributed by atoms with Crippen molar-refractivity contribution in [3.63, 3.8) is 0 Å². The molecule has 1 aliphatic rings. The molecule has 0 saturated carbocycles. The highest BCUT2D eigenvalue weighted by Gasteiger charge is 2.21. The predicted molar refractivity (Wildman–Crippen MR) is 86.4 cm³/mol. The second-order valence-electron chi connectivity index (χ2n) is 5.81. The molecule has 0 unspecified atom stereocenters. The normalized spacial score (nSPS) is 17.3. The lowest BCUT2D eigenvalue weighted by Gasteiger charge is -2.37. The van der Waals surface area contributed by atoms with Gasteiger partial charge in [0.05, 0.1) is 11.8 Å². The van der Waals surface area contributed by atoms with Gasteiger partial charge >= 0.3 is 0 Å². The third kappa shape index (κ3) is 3.86. The van der Waals surface area contributed by atoms with E-state index in [-0.39, 0.29) is 11.6 Å². The van der Waals surface area contributed by atoms with Gasteiger partial charge in [-0.25, -0.2) is 8.78 Å². The molecule has 2 aromatic carbocycles. The van der Waals surface area contributed by atoms with Crippen LogP contribution in [0.4, 0.5) is 14.5 Å². The van der Waals surface area contributed by atoms with Gasteiger partial charge in [-0.2, -0.15) is 0 Å². The number of β-amino-alcohol motifs (C(OH)–C–C–N with tert-alkyl or cyclic N) is 1. The first-order chi connectivity index (χ1) is 11.1. The maximum absolute atomic E-state index is 13.8. The van der Waals surface area contributed by atoms with Crippen LogP contribution < -0.4 is 4.90 Å². The summed E-state index contributed by atoms with van der Waals surface area (Å²) in [6.07, 6.45) is -0.717. The Bertz CT molecular complexity index is 657. The fraction of sp³-hybridized carbons (Fsp3) is 0.333. The van der Waals surface area contributed by atoms with Gasteiger partial charge in [0.15, 0.2) is 0 Å². The number of halogens is 2. The fourth-order valence-electron chi connectivity index (χ4n) is 2.94. The van der Waals surface area contributed by atoms with E-state index >= 15 is 0 Å². The van der Waals surface area contributed by atoms with Gasteiger partial charge in [0.1, 0.15) is 11.6 Å². The Morgan fingerprint density at radius 1 is 0.957 bits per heavy atom. The first kappa shape index (κ1) is 15.9. The molecule has 0 aromatic heterocycles. The Morgan fingerprint density at radius 2 is 1.70 bits per heavy atom. The lowest BCUT2D eigenvalue weighted by atomic mass is 10.1. The number of aliphatic hydroxyl groups excluding tert-OH is 1. The smallest absolute Gasteiger partial charge is 0.146 e. The van der Waals surface area contributed by atoms with Crippen LogP contribution in [-0.4, -0.2) is 42.7 Å². The number of nitrogens with zero attached hydrogens (tertiary/aromatic N) is 2. The zero-order valence-electron chi connectivity index (χ0n) is 12.8. The lowest BCUT2D eigenvalue weighted by molar-refractivity contribution is 0.109. The van der Waals surface area contributed by atoms with Gasteiger partial charge in [-0.1, -0.05) is 24.3 Å². The first-order valence-electron chi connectivity index (χ1n) is 7.79. The number of aliphatic hydroxyl groups is 1. The highest BCUT2D eigenvalue weighted by atomic mass is 19.1. The van der Waals surface area contributed by atoms with Crippen molar-refractivity contribution in [1.82, 2.24) is 4.90 Å². The molecule has 0 radical (unpaired) electrons. The lowest BCUT2D eigenvalue weighted by Crippen LogP contribution is -2.47. The number of piperazine rings is 1. The molecule has 0 amide bonds. The van der Waals surface area contributed by atoms with Crippen LogP contribution in [-0.2, 0) is 0 Å². The molecule has 1 atom stereocenters. The standard InChI is InChI=1S/C18H20F2N2O/c19-15-5-3-4-14(12-15)18(23)13-21-8-10-22(11-9-21)17-7-2-1-6-16(17)20/h1-7,12,18,23H,8-11,13H2/t18-/m0/s1. The number of anilines is 1. The molecule has 1 saturated heterocycles. The van der Waals surface area contributed by atoms with E-state index in [9.17, 15) is 13.9 Å². The maximum atomic E-state index is 13.8. The average Bonchev–Trinajstić information content (AvgIpc) is 2.56. The molecule has 0 aliphatic carbocycles. The second kappa shape index (κ2) is 7.06. The second-order valence-corrected chi connectivity index (χ2v) is 5.81. The highest BCUT2D eigenvalue weighted by molar-refractivity contribution is 5.48. The molecule has 1 heterocycles. The molecule has 1 N–H and O–H groups in total. The van der Waals surface area contributed by atoms with Gasteiger partial charge in [0.25, 0.3) is 0 Å². The van der Waals surface area contributed by atoms with Crippen molar-refractivity contribution in [2.75, 3.05) is 37.6 Å². The van der Waals surface area contributed by atoms with Crippen LogP contribution >= 0.6 is 0 Å². The zero-order chi connectivity index (χ0) is 16.2. The molecule has 23 heavy (non-hydrogen) atoms. The van der Waals surface area contributed by atoms with E-state index in [4.69, 9.17) is 0 Å². The third-order valence-corrected chi connectivity index (χ3v) is 4.23. The molecule has 5 heteroatoms. The highest BCUT2D eigenvalue weighted by Crippen LogP contribution is 2.21. The van der Waals surface area contributed by atoms with Crippen LogP contribution in [0.2, 0.25) is 0 Å². The van der Waals surface area contributed by atoms with E-state index in [0.29, 0.717) is 30.9 Å². The predicted octanol–water partition coefficient (Wildman–Crippen LogP) is 2.82. The minimum absolute atomic E-state index is 0.208. The van der Waals surface area contributed by atoms with Crippen LogP contribution in [0.1, 0.15) is 11.7 Å². The van der Waals surface area contributed by atoms with Gasteiger partial charge in [0.2, 0.25) is 0 Å². The minimum Gasteiger partial charge on any atom is -0.387 e. The van der Waals surface area contributed by atoms with E-state index in [1.165, 1.54) is 18.2 Å². The van der Waals surface area contributed by atoms with Gasteiger partial charge in [-0.15, -0.1) is 0 Å². The summed E-state index contributed by atoms with van der Waals surface area (Å²) in [7, 11) is 0. The van der Waals surface area contributed by atoms with Crippen molar-refractivity contribution < 1.29 is 13.9 Å². The summed E-state index contributed by atoms with van der Waals surface area (Å²) in [6, 6.07) is 12.8. The van der Waals surface area contributed by atoms with Gasteiger partial charge < -0.3 is 10.0 Å². The summed E-state index contributed by atoms with van der Waals surface area (Å²) in [5.41, 5.74) is 1.21. The zero-order valence-corrected chi connectivity index (χ0v) is 12.8. The Hall–Kier alpha value is -1.98. The summed E-state index contributed by atoms with van der Waals surface area (Å²) in [6.45, 7) is 3.34. The molecule has 0 bridgehead atoms. The van der Waals surface area contributed by atoms with E-state index in [1.807, 2.05) is 11.0 Å². The Morgan fingerprint density at radius 3 is 2.39 bits per heavy atom. The third-order valence-electron chi connectivity index (χ3n) is 4.23. The van der Waals surface area contributed by atoms with Crippen molar-refractivity contribution in [2.45, 2.75) is 6.10 Å². The van der Waals surface area contributed by atoms with Gasteiger partial charge in [-0.3, -0.25) is 4.90 Å². The number of benzene rings is 2. The van der Waals surface area contributed by atoms with E-state index in [0.717, 1.165) is 13.1 Å². The maximum Gasteiger partial charge on any atom is 0.146 e. The summed E-state index contributed by atoms with van der Waals surface area (Å²) < 4.78 is 27.0. The summed E-state index contributed by atoms with van der Waals surface area (Å²) in [5, 5.41) is 10.2. The number of hydrogen-bond acceptors (Lipinski definition) is 3. The first-order valence-corrected chi connectivity index (χ1v) is 7.79. The van der Waals surface area contributed by atoms with Crippen molar-refractivity contribution >= 4 is 5.69 Å². The van der Waals surface area contributed by atoms with Crippen LogP contribution in [0.3, 0.4) is 0 Å². The van der Waals surface area contributed by atoms with Crippen LogP contribution in [0.25, 0.3) is 0 Å². The van der Waals surface area contributed by atoms with Crippen molar-refractivity contribution in [1.29, 1.82) is 0 Å².